The average molecular weight is 319 g/mol. The van der Waals surface area contributed by atoms with Crippen LogP contribution in [0.2, 0.25) is 15.1 Å². The molecule has 0 fully saturated rings. The fourth-order valence-electron chi connectivity index (χ4n) is 1.70. The monoisotopic (exact) mass is 317 g/mol. The summed E-state index contributed by atoms with van der Waals surface area (Å²) in [5, 5.41) is 7.97. The number of carbonyl (C=O) groups excluding carboxylic acids is 1. The largest absolute Gasteiger partial charge is 0.321 e. The number of halogens is 3. The van der Waals surface area contributed by atoms with E-state index in [0.29, 0.717) is 26.4 Å². The van der Waals surface area contributed by atoms with E-state index in [1.807, 2.05) is 0 Å². The molecule has 0 bridgehead atoms. The zero-order valence-electron chi connectivity index (χ0n) is 10.2. The number of nitrogens with one attached hydrogen (secondary N) is 1. The summed E-state index contributed by atoms with van der Waals surface area (Å²) in [5.74, 6) is -0.369. The molecule has 0 aliphatic rings. The highest BCUT2D eigenvalue weighted by atomic mass is 35.5. The molecular weight excluding hydrogens is 309 g/mol. The molecule has 2 aromatic rings. The van der Waals surface area contributed by atoms with Gasteiger partial charge in [0.25, 0.3) is 5.91 Å². The normalized spacial score (nSPS) is 10.6. The highest BCUT2D eigenvalue weighted by Crippen LogP contribution is 2.24. The Morgan fingerprint density at radius 3 is 2.26 bits per heavy atom. The maximum Gasteiger partial charge on any atom is 0.275 e. The molecule has 0 atom stereocenters. The van der Waals surface area contributed by atoms with Crippen LogP contribution in [0, 0.1) is 6.92 Å². The lowest BCUT2D eigenvalue weighted by Gasteiger charge is -2.07. The molecule has 1 heterocycles. The van der Waals surface area contributed by atoms with Crippen LogP contribution in [-0.4, -0.2) is 15.7 Å². The summed E-state index contributed by atoms with van der Waals surface area (Å²) in [7, 11) is 1.65. The Morgan fingerprint density at radius 1 is 1.21 bits per heavy atom. The molecule has 100 valence electrons. The van der Waals surface area contributed by atoms with Crippen molar-refractivity contribution >= 4 is 46.4 Å². The van der Waals surface area contributed by atoms with Crippen LogP contribution in [0.3, 0.4) is 0 Å². The fraction of sp³-hybridized carbons (Fsp3) is 0.167. The first-order valence-corrected chi connectivity index (χ1v) is 6.48. The molecule has 1 amide bonds. The van der Waals surface area contributed by atoms with Crippen molar-refractivity contribution in [3.8, 4) is 0 Å². The van der Waals surface area contributed by atoms with Gasteiger partial charge in [-0.05, 0) is 25.1 Å². The van der Waals surface area contributed by atoms with Gasteiger partial charge in [-0.25, -0.2) is 0 Å². The van der Waals surface area contributed by atoms with Crippen LogP contribution in [0.5, 0.6) is 0 Å². The predicted molar refractivity (Wildman–Crippen MR) is 77.4 cm³/mol. The van der Waals surface area contributed by atoms with Crippen molar-refractivity contribution in [2.75, 3.05) is 5.32 Å². The lowest BCUT2D eigenvalue weighted by Crippen LogP contribution is -2.16. The number of benzene rings is 1. The van der Waals surface area contributed by atoms with Crippen LogP contribution >= 0.6 is 34.8 Å². The molecule has 4 nitrogen and oxygen atoms in total. The summed E-state index contributed by atoms with van der Waals surface area (Å²) >= 11 is 17.8. The Morgan fingerprint density at radius 2 is 1.79 bits per heavy atom. The Hall–Kier alpha value is -1.23. The van der Waals surface area contributed by atoms with Crippen molar-refractivity contribution in [1.82, 2.24) is 9.78 Å². The van der Waals surface area contributed by atoms with Gasteiger partial charge in [0.15, 0.2) is 0 Å². The average Bonchev–Trinajstić information content (AvgIpc) is 2.51. The van der Waals surface area contributed by atoms with Crippen LogP contribution in [0.25, 0.3) is 0 Å². The third-order valence-corrected chi connectivity index (χ3v) is 3.37. The Balaban J connectivity index is 2.30. The van der Waals surface area contributed by atoms with Gasteiger partial charge in [0.2, 0.25) is 0 Å². The van der Waals surface area contributed by atoms with Gasteiger partial charge in [-0.1, -0.05) is 34.8 Å². The number of amides is 1. The maximum absolute atomic E-state index is 12.1. The van der Waals surface area contributed by atoms with Crippen LogP contribution in [0.1, 0.15) is 16.2 Å². The number of carbonyl (C=O) groups is 1. The maximum atomic E-state index is 12.1. The number of hydrogen-bond donors (Lipinski definition) is 1. The van der Waals surface area contributed by atoms with Crippen molar-refractivity contribution in [3.63, 3.8) is 0 Å². The minimum absolute atomic E-state index is 0.287. The van der Waals surface area contributed by atoms with Crippen molar-refractivity contribution in [2.24, 2.45) is 7.05 Å². The number of aromatic nitrogens is 2. The van der Waals surface area contributed by atoms with Crippen LogP contribution in [0.15, 0.2) is 18.2 Å². The number of aryl methyl sites for hydroxylation is 2. The summed E-state index contributed by atoms with van der Waals surface area (Å²) in [5.41, 5.74) is 1.38. The van der Waals surface area contributed by atoms with E-state index in [4.69, 9.17) is 34.8 Å². The molecule has 7 heteroatoms. The molecular formula is C12H10Cl3N3O. The number of hydrogen-bond acceptors (Lipinski definition) is 2. The summed E-state index contributed by atoms with van der Waals surface area (Å²) in [6, 6.07) is 4.78. The summed E-state index contributed by atoms with van der Waals surface area (Å²) in [4.78, 5) is 12.1. The summed E-state index contributed by atoms with van der Waals surface area (Å²) < 4.78 is 1.43. The van der Waals surface area contributed by atoms with Gasteiger partial charge in [0, 0.05) is 22.8 Å². The Kier molecular flexibility index (Phi) is 4.04. The van der Waals surface area contributed by atoms with E-state index in [2.05, 4.69) is 10.4 Å². The van der Waals surface area contributed by atoms with Crippen molar-refractivity contribution < 1.29 is 4.79 Å². The van der Waals surface area contributed by atoms with Crippen LogP contribution in [-0.2, 0) is 7.05 Å². The summed E-state index contributed by atoms with van der Waals surface area (Å²) in [6.07, 6.45) is 0. The zero-order chi connectivity index (χ0) is 14.2. The van der Waals surface area contributed by atoms with Gasteiger partial charge in [-0.15, -0.1) is 0 Å². The van der Waals surface area contributed by atoms with Crippen molar-refractivity contribution in [2.45, 2.75) is 6.92 Å². The number of rotatable bonds is 2. The smallest absolute Gasteiger partial charge is 0.275 e. The second-order valence-corrected chi connectivity index (χ2v) is 5.23. The highest BCUT2D eigenvalue weighted by molar-refractivity contribution is 6.36. The van der Waals surface area contributed by atoms with Crippen molar-refractivity contribution in [1.29, 1.82) is 0 Å². The lowest BCUT2D eigenvalue weighted by atomic mass is 10.3. The lowest BCUT2D eigenvalue weighted by molar-refractivity contribution is 0.101. The van der Waals surface area contributed by atoms with Gasteiger partial charge in [-0.3, -0.25) is 9.48 Å². The first-order chi connectivity index (χ1) is 8.88. The molecule has 1 aromatic heterocycles. The van der Waals surface area contributed by atoms with Gasteiger partial charge in [0.05, 0.1) is 10.7 Å². The van der Waals surface area contributed by atoms with E-state index in [1.54, 1.807) is 32.2 Å². The first kappa shape index (κ1) is 14.2. The van der Waals surface area contributed by atoms with Crippen LogP contribution in [0.4, 0.5) is 5.69 Å². The minimum Gasteiger partial charge on any atom is -0.321 e. The highest BCUT2D eigenvalue weighted by Gasteiger charge is 2.18. The quantitative estimate of drug-likeness (QED) is 0.911. The van der Waals surface area contributed by atoms with E-state index in [9.17, 15) is 4.79 Å². The molecule has 0 unspecified atom stereocenters. The van der Waals surface area contributed by atoms with Crippen molar-refractivity contribution in [3.05, 3.63) is 44.7 Å². The second kappa shape index (κ2) is 5.41. The van der Waals surface area contributed by atoms with E-state index in [0.717, 1.165) is 0 Å². The molecule has 0 aliphatic carbocycles. The molecule has 0 spiro atoms. The standard InChI is InChI=1S/C12H10Cl3N3O/c1-6-10(15)11(18(2)17-6)12(19)16-9-4-7(13)3-8(14)5-9/h3-5H,1-2H3,(H,16,19). The number of nitrogens with zero attached hydrogens (tertiary/aromatic N) is 2. The first-order valence-electron chi connectivity index (χ1n) is 5.35. The summed E-state index contributed by atoms with van der Waals surface area (Å²) in [6.45, 7) is 1.73. The predicted octanol–water partition coefficient (Wildman–Crippen LogP) is 3.94. The van der Waals surface area contributed by atoms with Crippen LogP contribution < -0.4 is 5.32 Å². The molecule has 0 aliphatic heterocycles. The fourth-order valence-corrected chi connectivity index (χ4v) is 2.47. The number of anilines is 1. The third-order valence-electron chi connectivity index (χ3n) is 2.48. The van der Waals surface area contributed by atoms with E-state index in [1.165, 1.54) is 4.68 Å². The van der Waals surface area contributed by atoms with Gasteiger partial charge in [0.1, 0.15) is 5.69 Å². The zero-order valence-corrected chi connectivity index (χ0v) is 12.4. The molecule has 0 radical (unpaired) electrons. The van der Waals surface area contributed by atoms with E-state index in [-0.39, 0.29) is 11.6 Å². The molecule has 0 saturated carbocycles. The molecule has 19 heavy (non-hydrogen) atoms. The third kappa shape index (κ3) is 3.03. The van der Waals surface area contributed by atoms with E-state index >= 15 is 0 Å². The molecule has 0 saturated heterocycles. The molecule has 1 N–H and O–H groups in total. The molecule has 2 rings (SSSR count). The SMILES string of the molecule is Cc1nn(C)c(C(=O)Nc2cc(Cl)cc(Cl)c2)c1Cl. The van der Waals surface area contributed by atoms with Gasteiger partial charge in [-0.2, -0.15) is 5.10 Å². The topological polar surface area (TPSA) is 46.9 Å². The minimum atomic E-state index is -0.369. The Bertz CT molecular complexity index is 632. The molecule has 1 aromatic carbocycles. The van der Waals surface area contributed by atoms with Gasteiger partial charge < -0.3 is 5.32 Å². The second-order valence-electron chi connectivity index (χ2n) is 3.98. The van der Waals surface area contributed by atoms with E-state index < -0.39 is 0 Å². The van der Waals surface area contributed by atoms with Gasteiger partial charge >= 0.3 is 0 Å². The Labute approximate surface area is 125 Å².